The molecule has 0 saturated heterocycles. The van der Waals surface area contributed by atoms with Gasteiger partial charge in [0.1, 0.15) is 5.92 Å². The highest BCUT2D eigenvalue weighted by atomic mass is 16.1. The molecular weight excluding hydrogens is 264 g/mol. The molecule has 1 aromatic heterocycles. The number of carbonyl (C=O) groups is 1. The quantitative estimate of drug-likeness (QED) is 0.684. The van der Waals surface area contributed by atoms with Crippen molar-refractivity contribution in [1.82, 2.24) is 20.2 Å². The van der Waals surface area contributed by atoms with Crippen LogP contribution in [-0.4, -0.2) is 26.0 Å². The van der Waals surface area contributed by atoms with Crippen LogP contribution in [0.4, 0.5) is 0 Å². The first-order valence-corrected chi connectivity index (χ1v) is 6.75. The maximum atomic E-state index is 12.9. The number of para-hydroxylation sites is 1. The molecule has 5 heteroatoms. The van der Waals surface area contributed by atoms with Crippen molar-refractivity contribution < 1.29 is 4.79 Å². The number of aromatic nitrogens is 4. The standard InChI is InChI=1S/C16H12N4O/c1-10-6-2-3-7-11(10)14-15(21)12-8-4-5-9-13(12)20-16(14)17-18-19-20/h2-9,14H,1H3. The zero-order valence-corrected chi connectivity index (χ0v) is 11.4. The number of aryl methyl sites for hydroxylation is 1. The van der Waals surface area contributed by atoms with Gasteiger partial charge >= 0.3 is 0 Å². The molecule has 21 heavy (non-hydrogen) atoms. The van der Waals surface area contributed by atoms with Crippen molar-refractivity contribution >= 4 is 5.78 Å². The third-order valence-corrected chi connectivity index (χ3v) is 3.91. The number of rotatable bonds is 1. The molecule has 0 amide bonds. The first-order valence-electron chi connectivity index (χ1n) is 6.75. The fourth-order valence-corrected chi connectivity index (χ4v) is 2.88. The van der Waals surface area contributed by atoms with Crippen LogP contribution in [-0.2, 0) is 0 Å². The molecule has 3 aromatic rings. The van der Waals surface area contributed by atoms with E-state index in [0.717, 1.165) is 16.8 Å². The summed E-state index contributed by atoms with van der Waals surface area (Å²) in [6, 6.07) is 15.3. The Kier molecular flexibility index (Phi) is 2.47. The van der Waals surface area contributed by atoms with Gasteiger partial charge in [-0.05, 0) is 40.6 Å². The lowest BCUT2D eigenvalue weighted by Crippen LogP contribution is -2.26. The van der Waals surface area contributed by atoms with Gasteiger partial charge in [0.2, 0.25) is 0 Å². The summed E-state index contributed by atoms with van der Waals surface area (Å²) in [5, 5.41) is 11.9. The van der Waals surface area contributed by atoms with Gasteiger partial charge in [-0.1, -0.05) is 36.4 Å². The Labute approximate surface area is 121 Å². The Balaban J connectivity index is 2.00. The lowest BCUT2D eigenvalue weighted by atomic mass is 9.85. The Morgan fingerprint density at radius 3 is 2.67 bits per heavy atom. The highest BCUT2D eigenvalue weighted by Crippen LogP contribution is 2.35. The zero-order valence-electron chi connectivity index (χ0n) is 11.4. The number of tetrazole rings is 1. The summed E-state index contributed by atoms with van der Waals surface area (Å²) in [6.45, 7) is 2.00. The van der Waals surface area contributed by atoms with E-state index >= 15 is 0 Å². The molecule has 0 fully saturated rings. The largest absolute Gasteiger partial charge is 0.293 e. The van der Waals surface area contributed by atoms with Crippen LogP contribution in [0.1, 0.15) is 33.2 Å². The lowest BCUT2D eigenvalue weighted by molar-refractivity contribution is 0.0964. The second-order valence-corrected chi connectivity index (χ2v) is 5.12. The fourth-order valence-electron chi connectivity index (χ4n) is 2.88. The number of hydrogen-bond acceptors (Lipinski definition) is 4. The average molecular weight is 276 g/mol. The van der Waals surface area contributed by atoms with Gasteiger partial charge in [-0.25, -0.2) is 0 Å². The summed E-state index contributed by atoms with van der Waals surface area (Å²) in [5.74, 6) is 0.173. The van der Waals surface area contributed by atoms with Crippen molar-refractivity contribution in [2.24, 2.45) is 0 Å². The summed E-state index contributed by atoms with van der Waals surface area (Å²) in [6.07, 6.45) is 0. The van der Waals surface area contributed by atoms with Gasteiger partial charge in [0.25, 0.3) is 0 Å². The number of hydrogen-bond donors (Lipinski definition) is 0. The summed E-state index contributed by atoms with van der Waals surface area (Å²) < 4.78 is 1.66. The van der Waals surface area contributed by atoms with E-state index in [2.05, 4.69) is 15.5 Å². The molecular formula is C16H12N4O. The van der Waals surface area contributed by atoms with Crippen molar-refractivity contribution in [3.05, 3.63) is 71.0 Å². The van der Waals surface area contributed by atoms with E-state index in [4.69, 9.17) is 0 Å². The lowest BCUT2D eigenvalue weighted by Gasteiger charge is -2.23. The molecule has 0 saturated carbocycles. The summed E-state index contributed by atoms with van der Waals surface area (Å²) >= 11 is 0. The molecule has 1 aliphatic heterocycles. The first kappa shape index (κ1) is 12.0. The van der Waals surface area contributed by atoms with Crippen molar-refractivity contribution in [2.75, 3.05) is 0 Å². The van der Waals surface area contributed by atoms with Crippen LogP contribution < -0.4 is 0 Å². The molecule has 0 radical (unpaired) electrons. The van der Waals surface area contributed by atoms with Gasteiger partial charge < -0.3 is 0 Å². The molecule has 2 heterocycles. The Hall–Kier alpha value is -2.82. The Morgan fingerprint density at radius 1 is 1.05 bits per heavy atom. The van der Waals surface area contributed by atoms with E-state index < -0.39 is 5.92 Å². The highest BCUT2D eigenvalue weighted by Gasteiger charge is 2.36. The van der Waals surface area contributed by atoms with Crippen molar-refractivity contribution in [2.45, 2.75) is 12.8 Å². The topological polar surface area (TPSA) is 60.7 Å². The van der Waals surface area contributed by atoms with Crippen LogP contribution in [0.25, 0.3) is 5.69 Å². The summed E-state index contributed by atoms with van der Waals surface area (Å²) in [4.78, 5) is 12.9. The molecule has 1 atom stereocenters. The monoisotopic (exact) mass is 276 g/mol. The van der Waals surface area contributed by atoms with Crippen molar-refractivity contribution in [3.63, 3.8) is 0 Å². The number of fused-ring (bicyclic) bond motifs is 3. The van der Waals surface area contributed by atoms with Gasteiger partial charge in [0.05, 0.1) is 5.69 Å². The van der Waals surface area contributed by atoms with Gasteiger partial charge in [0, 0.05) is 5.56 Å². The zero-order chi connectivity index (χ0) is 14.4. The van der Waals surface area contributed by atoms with Crippen LogP contribution in [0.2, 0.25) is 0 Å². The molecule has 0 bridgehead atoms. The highest BCUT2D eigenvalue weighted by molar-refractivity contribution is 6.06. The molecule has 0 N–H and O–H groups in total. The van der Waals surface area contributed by atoms with Crippen LogP contribution in [0, 0.1) is 6.92 Å². The molecule has 1 unspecified atom stereocenters. The van der Waals surface area contributed by atoms with E-state index in [1.807, 2.05) is 55.5 Å². The van der Waals surface area contributed by atoms with Crippen LogP contribution in [0.15, 0.2) is 48.5 Å². The summed E-state index contributed by atoms with van der Waals surface area (Å²) in [5.41, 5.74) is 3.41. The van der Waals surface area contributed by atoms with Gasteiger partial charge in [0.15, 0.2) is 11.6 Å². The van der Waals surface area contributed by atoms with Crippen molar-refractivity contribution in [3.8, 4) is 5.69 Å². The predicted molar refractivity (Wildman–Crippen MR) is 76.5 cm³/mol. The second-order valence-electron chi connectivity index (χ2n) is 5.12. The van der Waals surface area contributed by atoms with Crippen LogP contribution in [0.5, 0.6) is 0 Å². The van der Waals surface area contributed by atoms with Gasteiger partial charge in [-0.2, -0.15) is 4.68 Å². The molecule has 5 nitrogen and oxygen atoms in total. The van der Waals surface area contributed by atoms with E-state index in [1.54, 1.807) is 4.68 Å². The normalized spacial score (nSPS) is 16.4. The predicted octanol–water partition coefficient (Wildman–Crippen LogP) is 2.30. The van der Waals surface area contributed by atoms with Crippen molar-refractivity contribution in [1.29, 1.82) is 0 Å². The Bertz CT molecular complexity index is 853. The SMILES string of the molecule is Cc1ccccc1C1C(=O)c2ccccc2-n2nnnc21. The number of Topliss-reactive ketones (excluding diaryl/α,β-unsaturated/α-hetero) is 1. The minimum Gasteiger partial charge on any atom is -0.293 e. The molecule has 0 spiro atoms. The molecule has 102 valence electrons. The molecule has 0 aliphatic carbocycles. The smallest absolute Gasteiger partial charge is 0.180 e. The van der Waals surface area contributed by atoms with E-state index in [-0.39, 0.29) is 5.78 Å². The minimum atomic E-state index is -0.448. The van der Waals surface area contributed by atoms with Gasteiger partial charge in [-0.15, -0.1) is 5.10 Å². The average Bonchev–Trinajstić information content (AvgIpc) is 2.99. The maximum Gasteiger partial charge on any atom is 0.180 e. The number of ketones is 1. The van der Waals surface area contributed by atoms with Crippen LogP contribution >= 0.6 is 0 Å². The molecule has 4 rings (SSSR count). The third-order valence-electron chi connectivity index (χ3n) is 3.91. The van der Waals surface area contributed by atoms with E-state index in [1.165, 1.54) is 0 Å². The van der Waals surface area contributed by atoms with Gasteiger partial charge in [-0.3, -0.25) is 4.79 Å². The third kappa shape index (κ3) is 1.64. The van der Waals surface area contributed by atoms with E-state index in [0.29, 0.717) is 11.4 Å². The Morgan fingerprint density at radius 2 is 1.81 bits per heavy atom. The fraction of sp³-hybridized carbons (Fsp3) is 0.125. The molecule has 1 aliphatic rings. The second kappa shape index (κ2) is 4.34. The number of benzene rings is 2. The minimum absolute atomic E-state index is 0.0437. The van der Waals surface area contributed by atoms with Crippen LogP contribution in [0.3, 0.4) is 0 Å². The maximum absolute atomic E-state index is 12.9. The van der Waals surface area contributed by atoms with E-state index in [9.17, 15) is 4.79 Å². The number of nitrogens with zero attached hydrogens (tertiary/aromatic N) is 4. The number of carbonyl (C=O) groups excluding carboxylic acids is 1. The first-order chi connectivity index (χ1) is 10.3. The molecule has 2 aromatic carbocycles. The summed E-state index contributed by atoms with van der Waals surface area (Å²) in [7, 11) is 0.